The largest absolute Gasteiger partial charge is 0.394 e. The number of nitroso groups, excluding NO2 is 2. The molecule has 0 aliphatic carbocycles. The van der Waals surface area contributed by atoms with E-state index in [1.54, 1.807) is 31.2 Å². The molecule has 5 heteroatoms. The van der Waals surface area contributed by atoms with Crippen LogP contribution in [0.5, 0.6) is 0 Å². The Morgan fingerprint density at radius 1 is 1.00 bits per heavy atom. The van der Waals surface area contributed by atoms with Gasteiger partial charge in [0.2, 0.25) is 0 Å². The van der Waals surface area contributed by atoms with Gasteiger partial charge in [0.05, 0.1) is 17.8 Å². The summed E-state index contributed by atoms with van der Waals surface area (Å²) < 4.78 is 1.75. The lowest BCUT2D eigenvalue weighted by atomic mass is 10.2. The molecule has 5 nitrogen and oxygen atoms in total. The summed E-state index contributed by atoms with van der Waals surface area (Å²) >= 11 is 0. The van der Waals surface area contributed by atoms with Crippen molar-refractivity contribution in [1.29, 1.82) is 0 Å². The van der Waals surface area contributed by atoms with Gasteiger partial charge in [0, 0.05) is 22.7 Å². The van der Waals surface area contributed by atoms with Crippen LogP contribution in [0.1, 0.15) is 19.8 Å². The third kappa shape index (κ3) is 1.47. The van der Waals surface area contributed by atoms with E-state index < -0.39 is 0 Å². The van der Waals surface area contributed by atoms with Gasteiger partial charge in [-0.3, -0.25) is 4.90 Å². The van der Waals surface area contributed by atoms with Crippen molar-refractivity contribution >= 4 is 11.4 Å². The first-order valence-electron chi connectivity index (χ1n) is 6.19. The fourth-order valence-corrected chi connectivity index (χ4v) is 2.63. The lowest BCUT2D eigenvalue weighted by Crippen LogP contribution is -2.30. The molecule has 0 amide bonds. The van der Waals surface area contributed by atoms with Crippen LogP contribution in [0.3, 0.4) is 0 Å². The lowest BCUT2D eigenvalue weighted by Gasteiger charge is -2.14. The summed E-state index contributed by atoms with van der Waals surface area (Å²) in [7, 11) is 0. The molecule has 1 aromatic rings. The van der Waals surface area contributed by atoms with Crippen LogP contribution in [0, 0.1) is 9.81 Å². The highest BCUT2D eigenvalue weighted by Crippen LogP contribution is 2.37. The number of hydrogen-bond donors (Lipinski definition) is 0. The van der Waals surface area contributed by atoms with Gasteiger partial charge in [0.25, 0.3) is 5.69 Å². The average molecular weight is 245 g/mol. The fraction of sp³-hybridized carbons (Fsp3) is 0.385. The monoisotopic (exact) mass is 245 g/mol. The van der Waals surface area contributed by atoms with Crippen molar-refractivity contribution in [2.75, 3.05) is 13.1 Å². The van der Waals surface area contributed by atoms with Crippen molar-refractivity contribution in [3.05, 3.63) is 45.6 Å². The molecule has 0 radical (unpaired) electrons. The van der Waals surface area contributed by atoms with Gasteiger partial charge in [-0.25, -0.2) is 0 Å². The Morgan fingerprint density at radius 3 is 2.17 bits per heavy atom. The molecule has 0 aromatic heterocycles. The summed E-state index contributed by atoms with van der Waals surface area (Å²) in [5.74, 6) is 0.501. The van der Waals surface area contributed by atoms with Crippen LogP contribution >= 0.6 is 0 Å². The molecule has 3 rings (SSSR count). The van der Waals surface area contributed by atoms with Crippen LogP contribution in [0.25, 0.3) is 0 Å². The van der Waals surface area contributed by atoms with E-state index >= 15 is 0 Å². The van der Waals surface area contributed by atoms with Gasteiger partial charge in [-0.1, -0.05) is 17.0 Å². The molecule has 92 valence electrons. The zero-order valence-corrected chi connectivity index (χ0v) is 10.3. The summed E-state index contributed by atoms with van der Waals surface area (Å²) in [6.07, 6.45) is 2.15. The Balaban J connectivity index is 2.13. The van der Waals surface area contributed by atoms with E-state index in [-0.39, 0.29) is 0 Å². The van der Waals surface area contributed by atoms with E-state index in [9.17, 15) is 9.81 Å². The van der Waals surface area contributed by atoms with Crippen molar-refractivity contribution < 1.29 is 9.52 Å². The standard InChI is InChI=1S/C13H15N3O2/c1-10-13(14-8-4-5-9-14)16(18)12-7-3-2-6-11(12)15(10)17/h2-3,6-7H,4-5,8-9H2,1H3/q+2. The topological polar surface area (TPSA) is 43.4 Å². The Labute approximate surface area is 105 Å². The van der Waals surface area contributed by atoms with Crippen molar-refractivity contribution in [3.63, 3.8) is 0 Å². The molecular formula is C13H15N3O2+2. The molecule has 2 aliphatic rings. The molecular weight excluding hydrogens is 230 g/mol. The zero-order chi connectivity index (χ0) is 12.7. The predicted molar refractivity (Wildman–Crippen MR) is 66.5 cm³/mol. The van der Waals surface area contributed by atoms with Gasteiger partial charge in [-0.15, -0.1) is 0 Å². The van der Waals surface area contributed by atoms with Gasteiger partial charge >= 0.3 is 17.2 Å². The first-order chi connectivity index (χ1) is 8.70. The Hall–Kier alpha value is -2.04. The lowest BCUT2D eigenvalue weighted by molar-refractivity contribution is -0.501. The minimum Gasteiger partial charge on any atom is -0.253 e. The van der Waals surface area contributed by atoms with Crippen molar-refractivity contribution in [2.24, 2.45) is 0 Å². The normalized spacial score (nSPS) is 19.5. The second-order valence-corrected chi connectivity index (χ2v) is 4.68. The molecule has 1 aromatic carbocycles. The molecule has 2 heterocycles. The number of hydrogen-bond acceptors (Lipinski definition) is 3. The first-order valence-corrected chi connectivity index (χ1v) is 6.19. The third-order valence-electron chi connectivity index (χ3n) is 3.55. The average Bonchev–Trinajstić information content (AvgIpc) is 2.90. The van der Waals surface area contributed by atoms with Gasteiger partial charge < -0.3 is 0 Å². The Bertz CT molecular complexity index is 571. The second-order valence-electron chi connectivity index (χ2n) is 4.68. The number of fused-ring (bicyclic) bond motifs is 1. The van der Waals surface area contributed by atoms with Crippen molar-refractivity contribution in [3.8, 4) is 0 Å². The highest BCUT2D eigenvalue weighted by atomic mass is 16.3. The molecule has 0 saturated carbocycles. The van der Waals surface area contributed by atoms with Gasteiger partial charge in [-0.05, 0) is 18.9 Å². The summed E-state index contributed by atoms with van der Waals surface area (Å²) in [6, 6.07) is 6.92. The van der Waals surface area contributed by atoms with Crippen molar-refractivity contribution in [2.45, 2.75) is 19.8 Å². The maximum Gasteiger partial charge on any atom is 0.394 e. The second kappa shape index (κ2) is 4.01. The summed E-state index contributed by atoms with van der Waals surface area (Å²) in [6.45, 7) is 3.41. The molecule has 0 atom stereocenters. The van der Waals surface area contributed by atoms with Crippen LogP contribution in [-0.4, -0.2) is 27.5 Å². The Kier molecular flexibility index (Phi) is 2.47. The van der Waals surface area contributed by atoms with E-state index in [1.807, 2.05) is 4.90 Å². The van der Waals surface area contributed by atoms with Crippen LogP contribution in [0.4, 0.5) is 11.4 Å². The number of benzene rings is 1. The molecule has 2 aliphatic heterocycles. The minimum absolute atomic E-state index is 0.424. The Morgan fingerprint density at radius 2 is 1.56 bits per heavy atom. The van der Waals surface area contributed by atoms with Gasteiger partial charge in [-0.2, -0.15) is 0 Å². The maximum absolute atomic E-state index is 12.4. The highest BCUT2D eigenvalue weighted by molar-refractivity contribution is 5.53. The highest BCUT2D eigenvalue weighted by Gasteiger charge is 2.46. The summed E-state index contributed by atoms with van der Waals surface area (Å²) in [5, 5.41) is 0. The number of rotatable bonds is 1. The van der Waals surface area contributed by atoms with E-state index in [4.69, 9.17) is 0 Å². The zero-order valence-electron chi connectivity index (χ0n) is 10.3. The molecule has 1 saturated heterocycles. The smallest absolute Gasteiger partial charge is 0.253 e. The van der Waals surface area contributed by atoms with Gasteiger partial charge in [0.15, 0.2) is 0 Å². The molecule has 0 N–H and O–H groups in total. The minimum atomic E-state index is 0.424. The van der Waals surface area contributed by atoms with E-state index in [2.05, 4.69) is 0 Å². The summed E-state index contributed by atoms with van der Waals surface area (Å²) in [5.41, 5.74) is 1.33. The van der Waals surface area contributed by atoms with Crippen LogP contribution in [0.15, 0.2) is 35.8 Å². The molecule has 18 heavy (non-hydrogen) atoms. The number of allylic oxidation sites excluding steroid dienone is 1. The summed E-state index contributed by atoms with van der Waals surface area (Å²) in [4.78, 5) is 26.6. The van der Waals surface area contributed by atoms with Crippen LogP contribution in [-0.2, 0) is 0 Å². The van der Waals surface area contributed by atoms with E-state index in [0.717, 1.165) is 35.5 Å². The predicted octanol–water partition coefficient (Wildman–Crippen LogP) is 2.81. The quantitative estimate of drug-likeness (QED) is 0.714. The van der Waals surface area contributed by atoms with Crippen molar-refractivity contribution in [1.82, 2.24) is 4.90 Å². The number of likely N-dealkylation sites (tertiary alicyclic amines) is 1. The first kappa shape index (κ1) is 11.1. The molecule has 0 spiro atoms. The number of para-hydroxylation sites is 2. The SMILES string of the molecule is CC1=C(N2CCCC2)[N+](=O)c2ccccc2[N+]1=O. The van der Waals surface area contributed by atoms with E-state index in [1.165, 1.54) is 0 Å². The molecule has 0 unspecified atom stereocenters. The van der Waals surface area contributed by atoms with E-state index in [0.29, 0.717) is 22.9 Å². The van der Waals surface area contributed by atoms with Crippen LogP contribution < -0.4 is 0 Å². The van der Waals surface area contributed by atoms with Gasteiger partial charge in [0.1, 0.15) is 0 Å². The fourth-order valence-electron chi connectivity index (χ4n) is 2.63. The maximum atomic E-state index is 12.4. The third-order valence-corrected chi connectivity index (χ3v) is 3.55. The molecule has 1 fully saturated rings. The number of nitrogens with zero attached hydrogens (tertiary/aromatic N) is 3. The van der Waals surface area contributed by atoms with Crippen LogP contribution in [0.2, 0.25) is 0 Å². The molecule has 0 bridgehead atoms.